The Morgan fingerprint density at radius 1 is 1.05 bits per heavy atom. The Morgan fingerprint density at radius 2 is 1.73 bits per heavy atom. The van der Waals surface area contributed by atoms with Crippen LogP contribution in [0.1, 0.15) is 10.4 Å². The number of hydrogen-bond acceptors (Lipinski definition) is 3. The van der Waals surface area contributed by atoms with Crippen molar-refractivity contribution < 1.29 is 4.79 Å². The quantitative estimate of drug-likeness (QED) is 0.781. The van der Waals surface area contributed by atoms with Crippen molar-refractivity contribution in [2.75, 3.05) is 5.32 Å². The lowest BCUT2D eigenvalue weighted by Gasteiger charge is -2.05. The maximum Gasteiger partial charge on any atom is 0.230 e. The van der Waals surface area contributed by atoms with Gasteiger partial charge in [0.15, 0.2) is 5.13 Å². The summed E-state index contributed by atoms with van der Waals surface area (Å²) in [4.78, 5) is 17.2. The maximum absolute atomic E-state index is 12.0. The fourth-order valence-corrected chi connectivity index (χ4v) is 2.89. The van der Waals surface area contributed by atoms with E-state index in [2.05, 4.69) is 22.4 Å². The van der Waals surface area contributed by atoms with Gasteiger partial charge in [-0.3, -0.25) is 4.79 Å². The highest BCUT2D eigenvalue weighted by Gasteiger charge is 2.07. The Labute approximate surface area is 133 Å². The Balaban J connectivity index is 1.65. The van der Waals surface area contributed by atoms with E-state index in [4.69, 9.17) is 0 Å². The first-order valence-electron chi connectivity index (χ1n) is 7.07. The van der Waals surface area contributed by atoms with E-state index < -0.39 is 0 Å². The van der Waals surface area contributed by atoms with Gasteiger partial charge in [-0.2, -0.15) is 0 Å². The Bertz CT molecular complexity index is 763. The third kappa shape index (κ3) is 3.59. The van der Waals surface area contributed by atoms with Crippen LogP contribution in [0.4, 0.5) is 5.13 Å². The minimum absolute atomic E-state index is 0.0400. The molecule has 1 heterocycles. The molecule has 1 amide bonds. The molecule has 2 aromatic carbocycles. The fourth-order valence-electron chi connectivity index (χ4n) is 2.21. The lowest BCUT2D eigenvalue weighted by atomic mass is 10.0. The van der Waals surface area contributed by atoms with Gasteiger partial charge >= 0.3 is 0 Å². The van der Waals surface area contributed by atoms with Crippen molar-refractivity contribution in [3.63, 3.8) is 0 Å². The molecule has 1 N–H and O–H groups in total. The molecule has 0 aliphatic rings. The van der Waals surface area contributed by atoms with E-state index in [1.807, 2.05) is 49.4 Å². The molecule has 22 heavy (non-hydrogen) atoms. The Morgan fingerprint density at radius 3 is 2.36 bits per heavy atom. The molecule has 0 unspecified atom stereocenters. The van der Waals surface area contributed by atoms with Gasteiger partial charge in [0.2, 0.25) is 5.91 Å². The largest absolute Gasteiger partial charge is 0.302 e. The van der Waals surface area contributed by atoms with Crippen molar-refractivity contribution in [1.29, 1.82) is 0 Å². The number of nitrogens with zero attached hydrogens (tertiary/aromatic N) is 1. The molecule has 0 aliphatic carbocycles. The molecule has 4 heteroatoms. The first-order chi connectivity index (χ1) is 10.7. The Kier molecular flexibility index (Phi) is 4.30. The van der Waals surface area contributed by atoms with Crippen molar-refractivity contribution in [3.8, 4) is 11.1 Å². The highest BCUT2D eigenvalue weighted by Crippen LogP contribution is 2.20. The minimum Gasteiger partial charge on any atom is -0.302 e. The average molecular weight is 308 g/mol. The zero-order valence-corrected chi connectivity index (χ0v) is 13.1. The molecule has 110 valence electrons. The van der Waals surface area contributed by atoms with E-state index in [0.29, 0.717) is 11.6 Å². The molecule has 0 radical (unpaired) electrons. The van der Waals surface area contributed by atoms with Crippen LogP contribution >= 0.6 is 11.3 Å². The van der Waals surface area contributed by atoms with Gasteiger partial charge in [-0.1, -0.05) is 54.6 Å². The van der Waals surface area contributed by atoms with Crippen LogP contribution in [0.3, 0.4) is 0 Å². The van der Waals surface area contributed by atoms with E-state index in [0.717, 1.165) is 16.0 Å². The third-order valence-corrected chi connectivity index (χ3v) is 4.12. The number of carbonyl (C=O) groups is 1. The summed E-state index contributed by atoms with van der Waals surface area (Å²) in [7, 11) is 0. The summed E-state index contributed by atoms with van der Waals surface area (Å²) >= 11 is 1.48. The lowest BCUT2D eigenvalue weighted by molar-refractivity contribution is -0.115. The SMILES string of the molecule is Cc1cnc(NC(=O)Cc2ccc(-c3ccccc3)cc2)s1. The zero-order chi connectivity index (χ0) is 15.4. The number of nitrogens with one attached hydrogen (secondary N) is 1. The van der Waals surface area contributed by atoms with Crippen LogP contribution < -0.4 is 5.32 Å². The van der Waals surface area contributed by atoms with Gasteiger partial charge < -0.3 is 5.32 Å². The first-order valence-corrected chi connectivity index (χ1v) is 7.89. The maximum atomic E-state index is 12.0. The van der Waals surface area contributed by atoms with Crippen molar-refractivity contribution in [1.82, 2.24) is 4.98 Å². The van der Waals surface area contributed by atoms with Crippen molar-refractivity contribution >= 4 is 22.4 Å². The second-order valence-electron chi connectivity index (χ2n) is 5.06. The molecule has 0 bridgehead atoms. The Hall–Kier alpha value is -2.46. The van der Waals surface area contributed by atoms with E-state index >= 15 is 0 Å². The van der Waals surface area contributed by atoms with Crippen molar-refractivity contribution in [2.45, 2.75) is 13.3 Å². The number of anilines is 1. The van der Waals surface area contributed by atoms with E-state index in [-0.39, 0.29) is 5.91 Å². The second kappa shape index (κ2) is 6.54. The molecule has 1 aromatic heterocycles. The van der Waals surface area contributed by atoms with Crippen LogP contribution in [0.25, 0.3) is 11.1 Å². The third-order valence-electron chi connectivity index (χ3n) is 3.29. The number of aryl methyl sites for hydroxylation is 1. The van der Waals surface area contributed by atoms with Crippen molar-refractivity contribution in [3.05, 3.63) is 71.2 Å². The average Bonchev–Trinajstić information content (AvgIpc) is 2.94. The van der Waals surface area contributed by atoms with E-state index in [1.165, 1.54) is 16.9 Å². The standard InChI is InChI=1S/C18H16N2OS/c1-13-12-19-18(22-13)20-17(21)11-14-7-9-16(10-8-14)15-5-3-2-4-6-15/h2-10,12H,11H2,1H3,(H,19,20,21). The molecule has 0 atom stereocenters. The summed E-state index contributed by atoms with van der Waals surface area (Å²) in [5.74, 6) is -0.0400. The first kappa shape index (κ1) is 14.5. The van der Waals surface area contributed by atoms with Crippen LogP contribution in [0, 0.1) is 6.92 Å². The van der Waals surface area contributed by atoms with Gasteiger partial charge in [0.25, 0.3) is 0 Å². The molecule has 3 aromatic rings. The summed E-state index contributed by atoms with van der Waals surface area (Å²) < 4.78 is 0. The number of carbonyl (C=O) groups excluding carboxylic acids is 1. The van der Waals surface area contributed by atoms with Crippen molar-refractivity contribution in [2.24, 2.45) is 0 Å². The van der Waals surface area contributed by atoms with Gasteiger partial charge in [0, 0.05) is 11.1 Å². The molecule has 0 aliphatic heterocycles. The van der Waals surface area contributed by atoms with Crippen LogP contribution in [0.2, 0.25) is 0 Å². The number of aromatic nitrogens is 1. The highest BCUT2D eigenvalue weighted by atomic mass is 32.1. The molecular weight excluding hydrogens is 292 g/mol. The summed E-state index contributed by atoms with van der Waals surface area (Å²) in [5.41, 5.74) is 3.32. The topological polar surface area (TPSA) is 42.0 Å². The number of amides is 1. The predicted octanol–water partition coefficient (Wildman–Crippen LogP) is 4.30. The molecule has 0 fully saturated rings. The lowest BCUT2D eigenvalue weighted by Crippen LogP contribution is -2.14. The summed E-state index contributed by atoms with van der Waals surface area (Å²) in [6.45, 7) is 1.97. The predicted molar refractivity (Wildman–Crippen MR) is 91.1 cm³/mol. The van der Waals surface area contributed by atoms with E-state index in [9.17, 15) is 4.79 Å². The fraction of sp³-hybridized carbons (Fsp3) is 0.111. The number of thiazole rings is 1. The normalized spacial score (nSPS) is 10.4. The smallest absolute Gasteiger partial charge is 0.230 e. The highest BCUT2D eigenvalue weighted by molar-refractivity contribution is 7.15. The number of rotatable bonds is 4. The van der Waals surface area contributed by atoms with Crippen LogP contribution in [-0.4, -0.2) is 10.9 Å². The van der Waals surface area contributed by atoms with Gasteiger partial charge in [-0.25, -0.2) is 4.98 Å². The van der Waals surface area contributed by atoms with Crippen LogP contribution in [0.5, 0.6) is 0 Å². The van der Waals surface area contributed by atoms with Crippen LogP contribution in [-0.2, 0) is 11.2 Å². The van der Waals surface area contributed by atoms with Gasteiger partial charge in [-0.05, 0) is 23.6 Å². The summed E-state index contributed by atoms with van der Waals surface area (Å²) in [6.07, 6.45) is 2.11. The molecule has 0 saturated carbocycles. The van der Waals surface area contributed by atoms with E-state index in [1.54, 1.807) is 6.20 Å². The summed E-state index contributed by atoms with van der Waals surface area (Å²) in [5, 5.41) is 3.48. The van der Waals surface area contributed by atoms with Crippen LogP contribution in [0.15, 0.2) is 60.8 Å². The molecule has 0 saturated heterocycles. The van der Waals surface area contributed by atoms with Gasteiger partial charge in [0.05, 0.1) is 6.42 Å². The zero-order valence-electron chi connectivity index (χ0n) is 12.2. The number of benzene rings is 2. The molecule has 3 rings (SSSR count). The van der Waals surface area contributed by atoms with Gasteiger partial charge in [-0.15, -0.1) is 11.3 Å². The monoisotopic (exact) mass is 308 g/mol. The second-order valence-corrected chi connectivity index (χ2v) is 6.30. The molecular formula is C18H16N2OS. The summed E-state index contributed by atoms with van der Waals surface area (Å²) in [6, 6.07) is 18.3. The van der Waals surface area contributed by atoms with Gasteiger partial charge in [0.1, 0.15) is 0 Å². The molecule has 0 spiro atoms. The molecule has 3 nitrogen and oxygen atoms in total. The minimum atomic E-state index is -0.0400. The number of hydrogen-bond donors (Lipinski definition) is 1.